The van der Waals surface area contributed by atoms with Gasteiger partial charge in [-0.15, -0.1) is 10.2 Å². The molecule has 41 heavy (non-hydrogen) atoms. The maximum atomic E-state index is 14.3. The van der Waals surface area contributed by atoms with Gasteiger partial charge in [0.1, 0.15) is 12.2 Å². The first-order chi connectivity index (χ1) is 19.4. The van der Waals surface area contributed by atoms with E-state index in [1.165, 1.54) is 0 Å². The summed E-state index contributed by atoms with van der Waals surface area (Å²) in [5, 5.41) is 8.68. The number of fused-ring (bicyclic) bond motifs is 1. The highest BCUT2D eigenvalue weighted by Gasteiger charge is 2.57. The van der Waals surface area contributed by atoms with Crippen molar-refractivity contribution in [3.63, 3.8) is 0 Å². The molecule has 3 heterocycles. The van der Waals surface area contributed by atoms with Crippen molar-refractivity contribution in [2.75, 3.05) is 31.6 Å². The first kappa shape index (κ1) is 28.2. The summed E-state index contributed by atoms with van der Waals surface area (Å²) in [6, 6.07) is 11.9. The lowest BCUT2D eigenvalue weighted by Crippen LogP contribution is -2.53. The van der Waals surface area contributed by atoms with Gasteiger partial charge >= 0.3 is 0 Å². The number of carbonyl (C=O) groups is 1. The van der Waals surface area contributed by atoms with Crippen LogP contribution in [-0.4, -0.2) is 69.1 Å². The first-order valence-corrected chi connectivity index (χ1v) is 14.7. The number of hydrogen-bond donors (Lipinski definition) is 0. The van der Waals surface area contributed by atoms with Gasteiger partial charge in [-0.3, -0.25) is 9.69 Å². The zero-order valence-corrected chi connectivity index (χ0v) is 24.8. The molecule has 1 atom stereocenters. The highest BCUT2D eigenvalue weighted by Crippen LogP contribution is 2.55. The second kappa shape index (κ2) is 10.4. The summed E-state index contributed by atoms with van der Waals surface area (Å²) < 4.78 is 30.4. The Morgan fingerprint density at radius 2 is 1.90 bits per heavy atom. The molecule has 0 unspecified atom stereocenters. The molecule has 2 fully saturated rings. The Balaban J connectivity index is 1.26. The van der Waals surface area contributed by atoms with Gasteiger partial charge in [0.25, 0.3) is 5.91 Å². The number of halogens is 3. The summed E-state index contributed by atoms with van der Waals surface area (Å²) in [4.78, 5) is 20.3. The zero-order chi connectivity index (χ0) is 29.1. The molecular formula is C31H37ClF2N6O. The van der Waals surface area contributed by atoms with Crippen molar-refractivity contribution < 1.29 is 13.6 Å². The van der Waals surface area contributed by atoms with Crippen molar-refractivity contribution in [1.82, 2.24) is 24.6 Å². The Kier molecular flexibility index (Phi) is 7.19. The minimum absolute atomic E-state index is 0.110. The number of rotatable bonds is 7. The molecule has 10 heteroatoms. The molecule has 0 N–H and O–H groups in total. The number of piperazine rings is 1. The van der Waals surface area contributed by atoms with Crippen LogP contribution < -0.4 is 4.90 Å². The molecule has 1 saturated carbocycles. The maximum absolute atomic E-state index is 14.3. The molecule has 0 bridgehead atoms. The Hall–Kier alpha value is -2.88. The van der Waals surface area contributed by atoms with Crippen LogP contribution in [0.15, 0.2) is 42.7 Å². The highest BCUT2D eigenvalue weighted by atomic mass is 35.5. The van der Waals surface area contributed by atoms with Crippen molar-refractivity contribution in [3.05, 3.63) is 75.8 Å². The number of anilines is 1. The monoisotopic (exact) mass is 582 g/mol. The van der Waals surface area contributed by atoms with Gasteiger partial charge in [0, 0.05) is 85.8 Å². The average molecular weight is 583 g/mol. The van der Waals surface area contributed by atoms with Crippen LogP contribution in [0.4, 0.5) is 14.5 Å². The molecule has 1 saturated heterocycles. The van der Waals surface area contributed by atoms with E-state index < -0.39 is 11.3 Å². The summed E-state index contributed by atoms with van der Waals surface area (Å²) in [5.41, 5.74) is 3.18. The smallest absolute Gasteiger partial charge is 0.258 e. The van der Waals surface area contributed by atoms with Crippen molar-refractivity contribution in [2.24, 2.45) is 13.0 Å². The third-order valence-corrected chi connectivity index (χ3v) is 9.54. The van der Waals surface area contributed by atoms with E-state index in [0.29, 0.717) is 47.0 Å². The molecule has 1 aromatic heterocycles. The van der Waals surface area contributed by atoms with Crippen LogP contribution in [0.3, 0.4) is 0 Å². The number of aryl methyl sites for hydroxylation is 1. The van der Waals surface area contributed by atoms with Gasteiger partial charge in [0.05, 0.1) is 6.54 Å². The molecule has 0 radical (unpaired) electrons. The van der Waals surface area contributed by atoms with E-state index in [2.05, 4.69) is 40.9 Å². The normalized spacial score (nSPS) is 22.3. The second-order valence-electron chi connectivity index (χ2n) is 12.6. The fraction of sp³-hybridized carbons (Fsp3) is 0.516. The van der Waals surface area contributed by atoms with Gasteiger partial charge in [-0.2, -0.15) is 0 Å². The standard InChI is InChI=1S/C31H37ClF2N6O/c1-20(2)27-16-37(3)8-9-39(27)14-21-10-24-25(26(32)11-21)15-40(29(24)41)23-7-5-6-22(12-23)30(17-31(33,34)18-30)13-28-36-35-19-38(28)4/h5-7,10-12,19-20,27H,8-9,13-18H2,1-4H3/t27-/m1/s1. The van der Waals surface area contributed by atoms with Crippen LogP contribution in [0.5, 0.6) is 0 Å². The van der Waals surface area contributed by atoms with E-state index in [-0.39, 0.29) is 18.7 Å². The van der Waals surface area contributed by atoms with Crippen molar-refractivity contribution in [2.45, 2.75) is 63.6 Å². The molecule has 3 aliphatic rings. The summed E-state index contributed by atoms with van der Waals surface area (Å²) in [7, 11) is 3.98. The van der Waals surface area contributed by atoms with Crippen LogP contribution in [0.2, 0.25) is 5.02 Å². The Labute approximate surface area is 245 Å². The SMILES string of the molecule is CC(C)[C@H]1CN(C)CCN1Cc1cc(Cl)c2c(c1)C(=O)N(c1cccc(C3(Cc4nncn4C)CC(F)(F)C3)c1)C2. The van der Waals surface area contributed by atoms with Crippen LogP contribution in [0.25, 0.3) is 0 Å². The molecule has 2 aliphatic heterocycles. The number of aromatic nitrogens is 3. The molecular weight excluding hydrogens is 546 g/mol. The van der Waals surface area contributed by atoms with Crippen LogP contribution >= 0.6 is 11.6 Å². The number of benzene rings is 2. The van der Waals surface area contributed by atoms with E-state index in [0.717, 1.165) is 42.9 Å². The number of likely N-dealkylation sites (N-methyl/N-ethyl adjacent to an activating group) is 1. The van der Waals surface area contributed by atoms with Crippen molar-refractivity contribution in [1.29, 1.82) is 0 Å². The minimum atomic E-state index is -2.73. The Morgan fingerprint density at radius 1 is 1.12 bits per heavy atom. The molecule has 0 spiro atoms. The number of nitrogens with zero attached hydrogens (tertiary/aromatic N) is 6. The predicted molar refractivity (Wildman–Crippen MR) is 156 cm³/mol. The predicted octanol–water partition coefficient (Wildman–Crippen LogP) is 5.31. The lowest BCUT2D eigenvalue weighted by molar-refractivity contribution is -0.127. The highest BCUT2D eigenvalue weighted by molar-refractivity contribution is 6.32. The number of carbonyl (C=O) groups excluding carboxylic acids is 1. The average Bonchev–Trinajstić information content (AvgIpc) is 3.46. The minimum Gasteiger partial charge on any atom is -0.321 e. The zero-order valence-electron chi connectivity index (χ0n) is 24.1. The second-order valence-corrected chi connectivity index (χ2v) is 13.0. The van der Waals surface area contributed by atoms with Gasteiger partial charge in [-0.25, -0.2) is 8.78 Å². The lowest BCUT2D eigenvalue weighted by atomic mass is 9.60. The van der Waals surface area contributed by atoms with E-state index >= 15 is 0 Å². The van der Waals surface area contributed by atoms with E-state index in [1.807, 2.05) is 43.4 Å². The summed E-state index contributed by atoms with van der Waals surface area (Å²) in [6.07, 6.45) is 1.42. The van der Waals surface area contributed by atoms with E-state index in [9.17, 15) is 13.6 Å². The van der Waals surface area contributed by atoms with Gasteiger partial charge in [-0.05, 0) is 48.4 Å². The van der Waals surface area contributed by atoms with Crippen LogP contribution in [-0.2, 0) is 32.0 Å². The molecule has 7 nitrogen and oxygen atoms in total. The molecule has 6 rings (SSSR count). The molecule has 2 aromatic carbocycles. The third kappa shape index (κ3) is 5.28. The van der Waals surface area contributed by atoms with Gasteiger partial charge in [0.15, 0.2) is 0 Å². The molecule has 1 aliphatic carbocycles. The molecule has 218 valence electrons. The van der Waals surface area contributed by atoms with Crippen molar-refractivity contribution in [3.8, 4) is 0 Å². The van der Waals surface area contributed by atoms with E-state index in [1.54, 1.807) is 15.8 Å². The van der Waals surface area contributed by atoms with Gasteiger partial charge in [0.2, 0.25) is 5.92 Å². The molecule has 1 amide bonds. The van der Waals surface area contributed by atoms with Crippen LogP contribution in [0.1, 0.15) is 59.6 Å². The fourth-order valence-electron chi connectivity index (χ4n) is 6.92. The number of amides is 1. The van der Waals surface area contributed by atoms with E-state index in [4.69, 9.17) is 11.6 Å². The molecule has 3 aromatic rings. The summed E-state index contributed by atoms with van der Waals surface area (Å²) in [6.45, 7) is 8.60. The number of alkyl halides is 2. The quantitative estimate of drug-likeness (QED) is 0.378. The maximum Gasteiger partial charge on any atom is 0.258 e. The first-order valence-electron chi connectivity index (χ1n) is 14.3. The summed E-state index contributed by atoms with van der Waals surface area (Å²) in [5.74, 6) is -1.66. The Bertz CT molecular complexity index is 1460. The topological polar surface area (TPSA) is 57.5 Å². The van der Waals surface area contributed by atoms with Gasteiger partial charge < -0.3 is 14.4 Å². The van der Waals surface area contributed by atoms with Gasteiger partial charge in [-0.1, -0.05) is 37.6 Å². The van der Waals surface area contributed by atoms with Crippen LogP contribution in [0, 0.1) is 5.92 Å². The largest absolute Gasteiger partial charge is 0.321 e. The fourth-order valence-corrected chi connectivity index (χ4v) is 7.22. The number of hydrogen-bond acceptors (Lipinski definition) is 5. The van der Waals surface area contributed by atoms with Crippen molar-refractivity contribution >= 4 is 23.2 Å². The summed E-state index contributed by atoms with van der Waals surface area (Å²) >= 11 is 6.79. The third-order valence-electron chi connectivity index (χ3n) is 9.20. The Morgan fingerprint density at radius 3 is 2.59 bits per heavy atom. The lowest BCUT2D eigenvalue weighted by Gasteiger charge is -2.48.